The van der Waals surface area contributed by atoms with Crippen LogP contribution in [0.5, 0.6) is 0 Å². The van der Waals surface area contributed by atoms with E-state index in [4.69, 9.17) is 0 Å². The maximum absolute atomic E-state index is 13.7. The number of alkyl halides is 2. The fourth-order valence-electron chi connectivity index (χ4n) is 5.29. The van der Waals surface area contributed by atoms with Crippen LogP contribution in [0.25, 0.3) is 10.9 Å². The van der Waals surface area contributed by atoms with Crippen LogP contribution in [0.15, 0.2) is 29.0 Å². The number of aryl methyl sites for hydroxylation is 1. The summed E-state index contributed by atoms with van der Waals surface area (Å²) < 4.78 is 28.3. The summed E-state index contributed by atoms with van der Waals surface area (Å²) in [4.78, 5) is 22.6. The van der Waals surface area contributed by atoms with Crippen molar-refractivity contribution in [1.82, 2.24) is 19.9 Å². The van der Waals surface area contributed by atoms with E-state index < -0.39 is 5.92 Å². The Kier molecular flexibility index (Phi) is 5.54. The summed E-state index contributed by atoms with van der Waals surface area (Å²) in [6.45, 7) is 4.41. The smallest absolute Gasteiger partial charge is 0.251 e. The molecule has 0 unspecified atom stereocenters. The largest absolute Gasteiger partial charge is 0.371 e. The highest BCUT2D eigenvalue weighted by atomic mass is 79.9. The standard InChI is InChI=1S/C25H28BrF2N7/c1-16-12-20(33-23(31-16)35-10-6-25(27,28)7-11-35)32-22-21-18(29-15-30-22)13-17(26)14-19(21)34-8-4-24(2-3-24)5-9-34/h12-15H,2-11H2,1H3,(H,29,30,31,32,33). The first kappa shape index (κ1) is 22.8. The van der Waals surface area contributed by atoms with E-state index >= 15 is 0 Å². The first-order chi connectivity index (χ1) is 16.8. The van der Waals surface area contributed by atoms with Crippen LogP contribution in [0.4, 0.5) is 32.1 Å². The second-order valence-corrected chi connectivity index (χ2v) is 11.1. The topological polar surface area (TPSA) is 70.1 Å². The Morgan fingerprint density at radius 2 is 1.60 bits per heavy atom. The van der Waals surface area contributed by atoms with Gasteiger partial charge in [0.05, 0.1) is 16.6 Å². The Labute approximate surface area is 211 Å². The number of hydrogen-bond donors (Lipinski definition) is 1. The zero-order valence-electron chi connectivity index (χ0n) is 19.7. The second kappa shape index (κ2) is 8.50. The molecule has 2 saturated heterocycles. The summed E-state index contributed by atoms with van der Waals surface area (Å²) in [7, 11) is 0. The molecular formula is C25H28BrF2N7. The predicted molar refractivity (Wildman–Crippen MR) is 137 cm³/mol. The fourth-order valence-corrected chi connectivity index (χ4v) is 5.73. The van der Waals surface area contributed by atoms with Crippen LogP contribution in [-0.2, 0) is 0 Å². The molecule has 3 aliphatic rings. The fraction of sp³-hybridized carbons (Fsp3) is 0.520. The predicted octanol–water partition coefficient (Wildman–Crippen LogP) is 5.85. The van der Waals surface area contributed by atoms with Crippen molar-refractivity contribution in [2.24, 2.45) is 5.41 Å². The second-order valence-electron chi connectivity index (χ2n) is 10.2. The quantitative estimate of drug-likeness (QED) is 0.442. The van der Waals surface area contributed by atoms with Gasteiger partial charge < -0.3 is 15.1 Å². The van der Waals surface area contributed by atoms with Crippen molar-refractivity contribution in [1.29, 1.82) is 0 Å². The lowest BCUT2D eigenvalue weighted by molar-refractivity contribution is -0.0222. The highest BCUT2D eigenvalue weighted by molar-refractivity contribution is 9.10. The molecule has 1 aliphatic carbocycles. The molecule has 6 rings (SSSR count). The molecule has 3 aromatic rings. The molecule has 0 radical (unpaired) electrons. The number of anilines is 4. The molecular weight excluding hydrogens is 516 g/mol. The van der Waals surface area contributed by atoms with Crippen molar-refractivity contribution in [2.75, 3.05) is 41.3 Å². The molecule has 1 N–H and O–H groups in total. The highest BCUT2D eigenvalue weighted by Gasteiger charge is 2.44. The maximum Gasteiger partial charge on any atom is 0.251 e. The summed E-state index contributed by atoms with van der Waals surface area (Å²) >= 11 is 3.66. The first-order valence-corrected chi connectivity index (χ1v) is 13.0. The van der Waals surface area contributed by atoms with Gasteiger partial charge >= 0.3 is 0 Å². The Morgan fingerprint density at radius 1 is 0.886 bits per heavy atom. The van der Waals surface area contributed by atoms with E-state index in [9.17, 15) is 8.78 Å². The average Bonchev–Trinajstić information content (AvgIpc) is 3.57. The third kappa shape index (κ3) is 4.64. The van der Waals surface area contributed by atoms with Gasteiger partial charge in [0.25, 0.3) is 5.92 Å². The summed E-state index contributed by atoms with van der Waals surface area (Å²) in [5, 5.41) is 4.35. The van der Waals surface area contributed by atoms with Crippen LogP contribution in [-0.4, -0.2) is 52.0 Å². The number of fused-ring (bicyclic) bond motifs is 1. The lowest BCUT2D eigenvalue weighted by Crippen LogP contribution is -2.40. The minimum Gasteiger partial charge on any atom is -0.371 e. The SMILES string of the molecule is Cc1cc(Nc2ncnc3cc(Br)cc(N4CCC5(CC4)CC5)c23)nc(N2CCC(F)(F)CC2)n1. The number of nitrogens with one attached hydrogen (secondary N) is 1. The first-order valence-electron chi connectivity index (χ1n) is 12.2. The molecule has 0 atom stereocenters. The molecule has 1 spiro atoms. The molecule has 35 heavy (non-hydrogen) atoms. The van der Waals surface area contributed by atoms with Gasteiger partial charge in [-0.15, -0.1) is 0 Å². The Balaban J connectivity index is 1.33. The monoisotopic (exact) mass is 543 g/mol. The molecule has 4 heterocycles. The van der Waals surface area contributed by atoms with Crippen molar-refractivity contribution >= 4 is 50.1 Å². The van der Waals surface area contributed by atoms with E-state index in [1.165, 1.54) is 25.7 Å². The lowest BCUT2D eigenvalue weighted by Gasteiger charge is -2.34. The highest BCUT2D eigenvalue weighted by Crippen LogP contribution is 2.54. The van der Waals surface area contributed by atoms with Gasteiger partial charge in [-0.1, -0.05) is 15.9 Å². The molecule has 0 bridgehead atoms. The van der Waals surface area contributed by atoms with Gasteiger partial charge in [-0.3, -0.25) is 0 Å². The summed E-state index contributed by atoms with van der Waals surface area (Å²) in [6, 6.07) is 6.00. The number of hydrogen-bond acceptors (Lipinski definition) is 7. The summed E-state index contributed by atoms with van der Waals surface area (Å²) in [6.07, 6.45) is 6.36. The van der Waals surface area contributed by atoms with Gasteiger partial charge in [-0.2, -0.15) is 4.98 Å². The molecule has 2 aliphatic heterocycles. The van der Waals surface area contributed by atoms with Crippen molar-refractivity contribution < 1.29 is 8.78 Å². The zero-order valence-corrected chi connectivity index (χ0v) is 21.3. The van der Waals surface area contributed by atoms with Crippen LogP contribution in [0.1, 0.15) is 44.2 Å². The van der Waals surface area contributed by atoms with E-state index in [1.807, 2.05) is 24.0 Å². The van der Waals surface area contributed by atoms with Crippen LogP contribution in [0.2, 0.25) is 0 Å². The van der Waals surface area contributed by atoms with Gasteiger partial charge in [0.15, 0.2) is 0 Å². The van der Waals surface area contributed by atoms with E-state index in [1.54, 1.807) is 6.33 Å². The van der Waals surface area contributed by atoms with Gasteiger partial charge in [-0.25, -0.2) is 23.7 Å². The Hall–Kier alpha value is -2.62. The Morgan fingerprint density at radius 3 is 2.31 bits per heavy atom. The number of aromatic nitrogens is 4. The van der Waals surface area contributed by atoms with Crippen molar-refractivity contribution in [3.05, 3.63) is 34.7 Å². The van der Waals surface area contributed by atoms with E-state index in [2.05, 4.69) is 52.1 Å². The van der Waals surface area contributed by atoms with Crippen LogP contribution in [0, 0.1) is 12.3 Å². The average molecular weight is 544 g/mol. The molecule has 10 heteroatoms. The van der Waals surface area contributed by atoms with Crippen LogP contribution in [0.3, 0.4) is 0 Å². The summed E-state index contributed by atoms with van der Waals surface area (Å²) in [5.41, 5.74) is 3.31. The third-order valence-electron chi connectivity index (χ3n) is 7.67. The molecule has 7 nitrogen and oxygen atoms in total. The van der Waals surface area contributed by atoms with Crippen molar-refractivity contribution in [3.8, 4) is 0 Å². The van der Waals surface area contributed by atoms with Gasteiger partial charge in [0.1, 0.15) is 18.0 Å². The molecule has 2 aromatic heterocycles. The zero-order chi connectivity index (χ0) is 24.2. The van der Waals surface area contributed by atoms with Crippen molar-refractivity contribution in [3.63, 3.8) is 0 Å². The molecule has 1 saturated carbocycles. The van der Waals surface area contributed by atoms with E-state index in [0.717, 1.165) is 39.8 Å². The maximum atomic E-state index is 13.7. The van der Waals surface area contributed by atoms with Gasteiger partial charge in [0, 0.05) is 55.3 Å². The van der Waals surface area contributed by atoms with Gasteiger partial charge in [-0.05, 0) is 50.2 Å². The minimum atomic E-state index is -2.61. The lowest BCUT2D eigenvalue weighted by atomic mass is 9.93. The van der Waals surface area contributed by atoms with E-state index in [0.29, 0.717) is 23.0 Å². The number of halogens is 3. The van der Waals surface area contributed by atoms with Gasteiger partial charge in [0.2, 0.25) is 5.95 Å². The normalized spacial score (nSPS) is 20.9. The number of rotatable bonds is 4. The van der Waals surface area contributed by atoms with Crippen LogP contribution >= 0.6 is 15.9 Å². The Bertz CT molecular complexity index is 1260. The third-order valence-corrected chi connectivity index (χ3v) is 8.13. The number of piperidine rings is 2. The number of nitrogens with zero attached hydrogens (tertiary/aromatic N) is 6. The number of benzene rings is 1. The molecule has 184 valence electrons. The van der Waals surface area contributed by atoms with E-state index in [-0.39, 0.29) is 25.9 Å². The molecule has 1 aromatic carbocycles. The van der Waals surface area contributed by atoms with Crippen LogP contribution < -0.4 is 15.1 Å². The molecule has 3 fully saturated rings. The minimum absolute atomic E-state index is 0.182. The summed E-state index contributed by atoms with van der Waals surface area (Å²) in [5.74, 6) is -0.873. The molecule has 0 amide bonds. The van der Waals surface area contributed by atoms with Crippen molar-refractivity contribution in [2.45, 2.75) is 51.4 Å².